The lowest BCUT2D eigenvalue weighted by Gasteiger charge is -2.05. The first kappa shape index (κ1) is 16.3. The van der Waals surface area contributed by atoms with Gasteiger partial charge in [-0.15, -0.1) is 11.3 Å². The number of esters is 1. The third-order valence-electron chi connectivity index (χ3n) is 4.14. The number of carbonyl (C=O) groups excluding carboxylic acids is 1. The van der Waals surface area contributed by atoms with E-state index in [1.807, 2.05) is 48.5 Å². The van der Waals surface area contributed by atoms with Crippen LogP contribution in [-0.2, 0) is 0 Å². The lowest BCUT2D eigenvalue weighted by atomic mass is 10.1. The fraction of sp³-hybridized carbons (Fsp3) is 0. The highest BCUT2D eigenvalue weighted by Gasteiger charge is 2.09. The summed E-state index contributed by atoms with van der Waals surface area (Å²) < 4.78 is 6.67. The zero-order valence-corrected chi connectivity index (χ0v) is 14.8. The molecule has 0 N–H and O–H groups in total. The van der Waals surface area contributed by atoms with E-state index in [0.29, 0.717) is 11.3 Å². The molecule has 3 heteroatoms. The number of rotatable bonds is 4. The molecule has 26 heavy (non-hydrogen) atoms. The van der Waals surface area contributed by atoms with Gasteiger partial charge in [-0.3, -0.25) is 0 Å². The van der Waals surface area contributed by atoms with E-state index in [2.05, 4.69) is 30.8 Å². The second-order valence-electron chi connectivity index (χ2n) is 5.89. The van der Waals surface area contributed by atoms with Crippen molar-refractivity contribution in [2.45, 2.75) is 0 Å². The first-order chi connectivity index (χ1) is 12.7. The summed E-state index contributed by atoms with van der Waals surface area (Å²) in [5.41, 5.74) is 2.76. The summed E-state index contributed by atoms with van der Waals surface area (Å²) in [5.74, 6) is 0.190. The van der Waals surface area contributed by atoms with Crippen LogP contribution in [0.1, 0.15) is 15.9 Å². The van der Waals surface area contributed by atoms with Gasteiger partial charge in [0.15, 0.2) is 0 Å². The van der Waals surface area contributed by atoms with Crippen LogP contribution in [0.5, 0.6) is 5.75 Å². The predicted octanol–water partition coefficient (Wildman–Crippen LogP) is 6.43. The number of fused-ring (bicyclic) bond motifs is 1. The lowest BCUT2D eigenvalue weighted by Crippen LogP contribution is -2.07. The zero-order valence-electron chi connectivity index (χ0n) is 14.0. The Hall–Kier alpha value is -3.17. The Morgan fingerprint density at radius 1 is 0.923 bits per heavy atom. The SMILES string of the molecule is C=Cc1ccc2cc(-c3ccc(OC(=O)c4ccccc4)cc3)sc2c1. The first-order valence-electron chi connectivity index (χ1n) is 8.26. The average molecular weight is 356 g/mol. The molecule has 0 bridgehead atoms. The van der Waals surface area contributed by atoms with Crippen molar-refractivity contribution >= 4 is 33.5 Å². The van der Waals surface area contributed by atoms with Gasteiger partial charge in [-0.05, 0) is 65.0 Å². The molecular formula is C23H16O2S. The van der Waals surface area contributed by atoms with E-state index in [0.717, 1.165) is 11.1 Å². The Kier molecular flexibility index (Phi) is 4.38. The minimum absolute atomic E-state index is 0.350. The van der Waals surface area contributed by atoms with Crippen molar-refractivity contribution < 1.29 is 9.53 Å². The number of hydrogen-bond donors (Lipinski definition) is 0. The fourth-order valence-corrected chi connectivity index (χ4v) is 3.86. The number of ether oxygens (including phenoxy) is 1. The molecule has 2 nitrogen and oxygen atoms in total. The number of benzene rings is 3. The van der Waals surface area contributed by atoms with Gasteiger partial charge in [0.2, 0.25) is 0 Å². The molecule has 0 aliphatic carbocycles. The summed E-state index contributed by atoms with van der Waals surface area (Å²) in [5, 5.41) is 1.22. The number of hydrogen-bond acceptors (Lipinski definition) is 3. The van der Waals surface area contributed by atoms with Crippen LogP contribution in [0.15, 0.2) is 85.4 Å². The van der Waals surface area contributed by atoms with Crippen LogP contribution in [0.3, 0.4) is 0 Å². The van der Waals surface area contributed by atoms with Crippen molar-refractivity contribution in [1.29, 1.82) is 0 Å². The third-order valence-corrected chi connectivity index (χ3v) is 5.29. The van der Waals surface area contributed by atoms with E-state index >= 15 is 0 Å². The maximum absolute atomic E-state index is 12.1. The fourth-order valence-electron chi connectivity index (χ4n) is 2.74. The second-order valence-corrected chi connectivity index (χ2v) is 6.98. The Morgan fingerprint density at radius 2 is 1.69 bits per heavy atom. The van der Waals surface area contributed by atoms with Gasteiger partial charge in [-0.1, -0.05) is 43.0 Å². The van der Waals surface area contributed by atoms with Gasteiger partial charge < -0.3 is 4.74 Å². The Labute approximate surface area is 156 Å². The molecule has 4 rings (SSSR count). The predicted molar refractivity (Wildman–Crippen MR) is 109 cm³/mol. The maximum atomic E-state index is 12.1. The van der Waals surface area contributed by atoms with Crippen LogP contribution >= 0.6 is 11.3 Å². The van der Waals surface area contributed by atoms with E-state index < -0.39 is 0 Å². The summed E-state index contributed by atoms with van der Waals surface area (Å²) >= 11 is 1.74. The molecule has 0 spiro atoms. The van der Waals surface area contributed by atoms with Crippen molar-refractivity contribution in [3.05, 3.63) is 96.6 Å². The van der Waals surface area contributed by atoms with Crippen molar-refractivity contribution in [2.24, 2.45) is 0 Å². The summed E-state index contributed by atoms with van der Waals surface area (Å²) in [6.07, 6.45) is 1.86. The molecule has 0 radical (unpaired) electrons. The van der Waals surface area contributed by atoms with E-state index in [4.69, 9.17) is 4.74 Å². The van der Waals surface area contributed by atoms with Crippen LogP contribution in [0, 0.1) is 0 Å². The highest BCUT2D eigenvalue weighted by Crippen LogP contribution is 2.34. The molecule has 0 amide bonds. The van der Waals surface area contributed by atoms with Gasteiger partial charge in [0.05, 0.1) is 5.56 Å². The zero-order chi connectivity index (χ0) is 17.9. The van der Waals surface area contributed by atoms with E-state index in [9.17, 15) is 4.79 Å². The lowest BCUT2D eigenvalue weighted by molar-refractivity contribution is 0.0735. The molecule has 1 aromatic heterocycles. The van der Waals surface area contributed by atoms with Gasteiger partial charge >= 0.3 is 5.97 Å². The molecule has 0 aliphatic rings. The highest BCUT2D eigenvalue weighted by molar-refractivity contribution is 7.22. The largest absolute Gasteiger partial charge is 0.423 e. The monoisotopic (exact) mass is 356 g/mol. The molecule has 0 unspecified atom stereocenters. The van der Waals surface area contributed by atoms with Crippen LogP contribution in [0.25, 0.3) is 26.6 Å². The molecular weight excluding hydrogens is 340 g/mol. The van der Waals surface area contributed by atoms with Crippen LogP contribution in [-0.4, -0.2) is 5.97 Å². The molecule has 126 valence electrons. The molecule has 0 saturated carbocycles. The minimum Gasteiger partial charge on any atom is -0.423 e. The van der Waals surface area contributed by atoms with Crippen molar-refractivity contribution in [3.63, 3.8) is 0 Å². The molecule has 0 fully saturated rings. The van der Waals surface area contributed by atoms with Gasteiger partial charge in [0.1, 0.15) is 5.75 Å². The van der Waals surface area contributed by atoms with E-state index in [-0.39, 0.29) is 5.97 Å². The quantitative estimate of drug-likeness (QED) is 0.311. The second kappa shape index (κ2) is 6.98. The minimum atomic E-state index is -0.350. The number of carbonyl (C=O) groups is 1. The summed E-state index contributed by atoms with van der Waals surface area (Å²) in [7, 11) is 0. The highest BCUT2D eigenvalue weighted by atomic mass is 32.1. The van der Waals surface area contributed by atoms with E-state index in [1.165, 1.54) is 15.0 Å². The van der Waals surface area contributed by atoms with Crippen LogP contribution in [0.4, 0.5) is 0 Å². The molecule has 0 atom stereocenters. The van der Waals surface area contributed by atoms with Crippen molar-refractivity contribution in [2.75, 3.05) is 0 Å². The summed E-state index contributed by atoms with van der Waals surface area (Å²) in [4.78, 5) is 13.3. The van der Waals surface area contributed by atoms with E-state index in [1.54, 1.807) is 23.5 Å². The summed E-state index contributed by atoms with van der Waals surface area (Å²) in [6, 6.07) is 25.1. The molecule has 1 heterocycles. The van der Waals surface area contributed by atoms with Crippen molar-refractivity contribution in [1.82, 2.24) is 0 Å². The van der Waals surface area contributed by atoms with Crippen molar-refractivity contribution in [3.8, 4) is 16.2 Å². The molecule has 0 aliphatic heterocycles. The first-order valence-corrected chi connectivity index (χ1v) is 9.08. The Morgan fingerprint density at radius 3 is 2.42 bits per heavy atom. The Balaban J connectivity index is 1.56. The average Bonchev–Trinajstić information content (AvgIpc) is 3.12. The smallest absolute Gasteiger partial charge is 0.343 e. The summed E-state index contributed by atoms with van der Waals surface area (Å²) in [6.45, 7) is 3.82. The molecule has 3 aromatic carbocycles. The van der Waals surface area contributed by atoms with Gasteiger partial charge in [-0.2, -0.15) is 0 Å². The number of thiophene rings is 1. The third kappa shape index (κ3) is 3.30. The molecule has 0 saturated heterocycles. The maximum Gasteiger partial charge on any atom is 0.343 e. The van der Waals surface area contributed by atoms with Crippen LogP contribution in [0.2, 0.25) is 0 Å². The topological polar surface area (TPSA) is 26.3 Å². The van der Waals surface area contributed by atoms with Gasteiger partial charge in [0, 0.05) is 9.58 Å². The normalized spacial score (nSPS) is 10.6. The van der Waals surface area contributed by atoms with Gasteiger partial charge in [0.25, 0.3) is 0 Å². The van der Waals surface area contributed by atoms with Crippen LogP contribution < -0.4 is 4.74 Å². The molecule has 4 aromatic rings. The Bertz CT molecular complexity index is 1080. The standard InChI is InChI=1S/C23H16O2S/c1-2-16-8-9-19-15-22(26-21(19)14-16)17-10-12-20(13-11-17)25-23(24)18-6-4-3-5-7-18/h2-15H,1H2. The van der Waals surface area contributed by atoms with Gasteiger partial charge in [-0.25, -0.2) is 4.79 Å².